The Morgan fingerprint density at radius 2 is 1.85 bits per heavy atom. The average molecular weight is 489 g/mol. The molecule has 3 rings (SSSR count). The van der Waals surface area contributed by atoms with E-state index in [4.69, 9.17) is 14.5 Å². The number of aromatic nitrogens is 2. The molecule has 33 heavy (non-hydrogen) atoms. The molecule has 1 unspecified atom stereocenters. The Balaban J connectivity index is 1.75. The number of carbonyl (C=O) groups excluding carboxylic acids is 2. The fourth-order valence-corrected chi connectivity index (χ4v) is 3.32. The van der Waals surface area contributed by atoms with Gasteiger partial charge in [0.15, 0.2) is 11.9 Å². The first-order chi connectivity index (χ1) is 15.3. The first kappa shape index (κ1) is 24.8. The van der Waals surface area contributed by atoms with Gasteiger partial charge in [-0.25, -0.2) is 9.36 Å². The van der Waals surface area contributed by atoms with Crippen molar-refractivity contribution < 1.29 is 47.1 Å². The van der Waals surface area contributed by atoms with Crippen molar-refractivity contribution in [3.8, 4) is 0 Å². The summed E-state index contributed by atoms with van der Waals surface area (Å²) in [6.45, 7) is 0.299. The number of anilines is 1. The molecule has 2 aromatic rings. The molecule has 1 saturated heterocycles. The Morgan fingerprint density at radius 3 is 2.39 bits per heavy atom. The summed E-state index contributed by atoms with van der Waals surface area (Å²) in [5.74, 6) is -5.17. The van der Waals surface area contributed by atoms with Gasteiger partial charge in [0.25, 0.3) is 5.91 Å². The van der Waals surface area contributed by atoms with E-state index in [2.05, 4.69) is 14.8 Å². The number of phosphoric acid groups is 1. The number of aliphatic hydroxyl groups is 1. The number of alkyl halides is 2. The number of aliphatic hydroxyl groups excluding tert-OH is 1. The fourth-order valence-electron chi connectivity index (χ4n) is 2.98. The van der Waals surface area contributed by atoms with Gasteiger partial charge in [0, 0.05) is 17.3 Å². The Bertz CT molecular complexity index is 1170. The number of benzene rings is 1. The van der Waals surface area contributed by atoms with Gasteiger partial charge in [-0.05, 0) is 25.1 Å². The number of Topliss-reactive ketones (excluding diaryl/α,β-unsaturated/α-hetero) is 1. The predicted molar refractivity (Wildman–Crippen MR) is 106 cm³/mol. The first-order valence-electron chi connectivity index (χ1n) is 9.22. The van der Waals surface area contributed by atoms with Gasteiger partial charge in [-0.3, -0.25) is 18.7 Å². The van der Waals surface area contributed by atoms with Gasteiger partial charge in [-0.15, -0.1) is 0 Å². The summed E-state index contributed by atoms with van der Waals surface area (Å²) in [7, 11) is -5.01. The molecule has 0 bridgehead atoms. The highest BCUT2D eigenvalue weighted by atomic mass is 31.2. The van der Waals surface area contributed by atoms with Gasteiger partial charge in [-0.2, -0.15) is 13.8 Å². The highest BCUT2D eigenvalue weighted by molar-refractivity contribution is 7.46. The fraction of sp³-hybridized carbons (Fsp3) is 0.333. The number of rotatable bonds is 7. The van der Waals surface area contributed by atoms with Crippen molar-refractivity contribution in [2.45, 2.75) is 31.3 Å². The second kappa shape index (κ2) is 9.17. The zero-order valence-corrected chi connectivity index (χ0v) is 17.7. The lowest BCUT2D eigenvalue weighted by Crippen LogP contribution is -2.42. The summed E-state index contributed by atoms with van der Waals surface area (Å²) >= 11 is 0. The minimum Gasteiger partial charge on any atom is -0.384 e. The molecular formula is C18H18F2N3O9P. The molecule has 0 radical (unpaired) electrons. The van der Waals surface area contributed by atoms with Crippen LogP contribution in [-0.2, 0) is 13.8 Å². The van der Waals surface area contributed by atoms with Crippen LogP contribution in [0.4, 0.5) is 14.6 Å². The Morgan fingerprint density at radius 1 is 1.24 bits per heavy atom. The summed E-state index contributed by atoms with van der Waals surface area (Å²) < 4.78 is 49.0. The van der Waals surface area contributed by atoms with Crippen LogP contribution in [0, 0.1) is 0 Å². The summed E-state index contributed by atoms with van der Waals surface area (Å²) in [4.78, 5) is 56.8. The molecule has 1 fully saturated rings. The number of ketones is 1. The molecule has 4 N–H and O–H groups in total. The van der Waals surface area contributed by atoms with Gasteiger partial charge in [0.05, 0.1) is 6.61 Å². The minimum atomic E-state index is -5.01. The number of ether oxygens (including phenoxy) is 1. The van der Waals surface area contributed by atoms with Crippen LogP contribution in [0.25, 0.3) is 0 Å². The van der Waals surface area contributed by atoms with Gasteiger partial charge in [0.2, 0.25) is 6.23 Å². The standard InChI is InChI=1S/C18H18F2N3O9P/c1-9(24)10-2-4-11(5-3-10)15(26)21-13-6-7-23(17(27)22-13)16-18(19,20)14(25)12(32-16)8-31-33(28,29)30/h2-7,12,14,16,25H,8H2,1H3,(H2,28,29,30)(H,21,22,26,27)/t12-,14?,16-/m1/s1. The Kier molecular flexibility index (Phi) is 6.88. The molecule has 1 aliphatic heterocycles. The zero-order valence-electron chi connectivity index (χ0n) is 16.8. The van der Waals surface area contributed by atoms with Gasteiger partial charge < -0.3 is 24.9 Å². The monoisotopic (exact) mass is 489 g/mol. The maximum absolute atomic E-state index is 14.5. The average Bonchev–Trinajstić information content (AvgIpc) is 2.95. The van der Waals surface area contributed by atoms with Crippen molar-refractivity contribution in [3.63, 3.8) is 0 Å². The molecule has 178 valence electrons. The number of phosphoric ester groups is 1. The lowest BCUT2D eigenvalue weighted by Gasteiger charge is -2.21. The molecular weight excluding hydrogens is 471 g/mol. The SMILES string of the molecule is CC(=O)c1ccc(C(=O)Nc2ccn([C@@H]3O[C@H](COP(=O)(O)O)C(O)C3(F)F)c(=O)n2)cc1. The topological polar surface area (TPSA) is 177 Å². The van der Waals surface area contributed by atoms with Gasteiger partial charge in [0.1, 0.15) is 11.9 Å². The third-order valence-electron chi connectivity index (χ3n) is 4.66. The van der Waals surface area contributed by atoms with E-state index in [1.165, 1.54) is 31.2 Å². The first-order valence-corrected chi connectivity index (χ1v) is 10.8. The quantitative estimate of drug-likeness (QED) is 0.320. The second-order valence-corrected chi connectivity index (χ2v) is 8.26. The lowest BCUT2D eigenvalue weighted by atomic mass is 10.1. The van der Waals surface area contributed by atoms with Gasteiger partial charge >= 0.3 is 19.4 Å². The molecule has 1 amide bonds. The van der Waals surface area contributed by atoms with Crippen LogP contribution < -0.4 is 11.0 Å². The van der Waals surface area contributed by atoms with Crippen molar-refractivity contribution >= 4 is 25.3 Å². The number of hydrogen-bond acceptors (Lipinski definition) is 8. The molecule has 3 atom stereocenters. The summed E-state index contributed by atoms with van der Waals surface area (Å²) in [6, 6.07) is 6.65. The van der Waals surface area contributed by atoms with Crippen LogP contribution in [0.2, 0.25) is 0 Å². The van der Waals surface area contributed by atoms with E-state index < -0.39 is 50.4 Å². The second-order valence-electron chi connectivity index (χ2n) is 7.02. The normalized spacial score (nSPS) is 22.2. The number of nitrogens with zero attached hydrogens (tertiary/aromatic N) is 2. The van der Waals surface area contributed by atoms with Crippen molar-refractivity contribution in [1.82, 2.24) is 9.55 Å². The summed E-state index contributed by atoms with van der Waals surface area (Å²) in [5, 5.41) is 12.1. The van der Waals surface area contributed by atoms with Crippen molar-refractivity contribution in [3.05, 3.63) is 58.1 Å². The molecule has 2 heterocycles. The number of halogens is 2. The maximum atomic E-state index is 14.5. The largest absolute Gasteiger partial charge is 0.469 e. The van der Waals surface area contributed by atoms with Crippen LogP contribution in [0.1, 0.15) is 33.9 Å². The van der Waals surface area contributed by atoms with Crippen LogP contribution in [0.15, 0.2) is 41.3 Å². The molecule has 15 heteroatoms. The molecule has 1 aromatic carbocycles. The van der Waals surface area contributed by atoms with Crippen LogP contribution in [-0.4, -0.2) is 60.9 Å². The summed E-state index contributed by atoms with van der Waals surface area (Å²) in [5.41, 5.74) is -0.725. The van der Waals surface area contributed by atoms with Crippen molar-refractivity contribution in [2.75, 3.05) is 11.9 Å². The van der Waals surface area contributed by atoms with Gasteiger partial charge in [-0.1, -0.05) is 12.1 Å². The van der Waals surface area contributed by atoms with Crippen molar-refractivity contribution in [1.29, 1.82) is 0 Å². The number of hydrogen-bond donors (Lipinski definition) is 4. The smallest absolute Gasteiger partial charge is 0.384 e. The van der Waals surface area contributed by atoms with E-state index in [0.29, 0.717) is 10.1 Å². The third-order valence-corrected chi connectivity index (χ3v) is 5.15. The zero-order chi connectivity index (χ0) is 24.6. The molecule has 0 spiro atoms. The number of carbonyl (C=O) groups is 2. The number of nitrogens with one attached hydrogen (secondary N) is 1. The Labute approximate surface area is 184 Å². The minimum absolute atomic E-state index is 0.146. The third kappa shape index (κ3) is 5.55. The van der Waals surface area contributed by atoms with E-state index in [9.17, 15) is 32.8 Å². The highest BCUT2D eigenvalue weighted by Crippen LogP contribution is 2.44. The number of amides is 1. The van der Waals surface area contributed by atoms with E-state index in [-0.39, 0.29) is 17.2 Å². The molecule has 1 aromatic heterocycles. The lowest BCUT2D eigenvalue weighted by molar-refractivity contribution is -0.140. The van der Waals surface area contributed by atoms with E-state index in [0.717, 1.165) is 12.3 Å². The van der Waals surface area contributed by atoms with Crippen molar-refractivity contribution in [2.24, 2.45) is 0 Å². The molecule has 0 aliphatic carbocycles. The van der Waals surface area contributed by atoms with E-state index in [1.54, 1.807) is 0 Å². The maximum Gasteiger partial charge on any atom is 0.469 e. The molecule has 0 saturated carbocycles. The molecule has 1 aliphatic rings. The Hall–Kier alpha value is -2.87. The molecule has 12 nitrogen and oxygen atoms in total. The van der Waals surface area contributed by atoms with Crippen LogP contribution in [0.5, 0.6) is 0 Å². The predicted octanol–water partition coefficient (Wildman–Crippen LogP) is 0.701. The van der Waals surface area contributed by atoms with E-state index in [1.807, 2.05) is 0 Å². The van der Waals surface area contributed by atoms with E-state index >= 15 is 0 Å². The highest BCUT2D eigenvalue weighted by Gasteiger charge is 2.60. The van der Waals surface area contributed by atoms with Crippen LogP contribution >= 0.6 is 7.82 Å². The van der Waals surface area contributed by atoms with Crippen LogP contribution in [0.3, 0.4) is 0 Å². The summed E-state index contributed by atoms with van der Waals surface area (Å²) in [6.07, 6.45) is -5.87.